The minimum atomic E-state index is -2.01. The fourth-order valence-electron chi connectivity index (χ4n) is 1.99. The number of anilines is 1. The van der Waals surface area contributed by atoms with E-state index in [1.54, 1.807) is 10.7 Å². The summed E-state index contributed by atoms with van der Waals surface area (Å²) >= 11 is -2.01. The summed E-state index contributed by atoms with van der Waals surface area (Å²) in [6.45, 7) is 3.07. The zero-order chi connectivity index (χ0) is 15.9. The molecule has 0 saturated heterocycles. The van der Waals surface area contributed by atoms with E-state index in [1.807, 2.05) is 31.2 Å². The van der Waals surface area contributed by atoms with Crippen LogP contribution in [0.25, 0.3) is 0 Å². The van der Waals surface area contributed by atoms with Crippen LogP contribution in [-0.2, 0) is 20.1 Å². The van der Waals surface area contributed by atoms with Gasteiger partial charge >= 0.3 is 143 Å². The molecule has 2 aromatic rings. The number of nitrogens with one attached hydrogen (secondary N) is 1. The van der Waals surface area contributed by atoms with Gasteiger partial charge in [-0.3, -0.25) is 0 Å². The van der Waals surface area contributed by atoms with Crippen LogP contribution < -0.4 is 10.1 Å². The zero-order valence-electron chi connectivity index (χ0n) is 11.9. The summed E-state index contributed by atoms with van der Waals surface area (Å²) in [7, 11) is 11.8. The maximum absolute atomic E-state index is 13.4. The van der Waals surface area contributed by atoms with Crippen molar-refractivity contribution in [2.75, 3.05) is 11.9 Å². The van der Waals surface area contributed by atoms with Crippen LogP contribution in [0, 0.1) is 5.82 Å². The molecule has 22 heavy (non-hydrogen) atoms. The molecule has 0 heterocycles. The van der Waals surface area contributed by atoms with Crippen molar-refractivity contribution >= 4 is 29.7 Å². The van der Waals surface area contributed by atoms with Crippen molar-refractivity contribution in [3.63, 3.8) is 0 Å². The molecule has 1 N–H and O–H groups in total. The van der Waals surface area contributed by atoms with E-state index in [9.17, 15) is 4.39 Å². The van der Waals surface area contributed by atoms with Crippen LogP contribution in [0.15, 0.2) is 42.5 Å². The Bertz CT molecular complexity index is 675. The van der Waals surface area contributed by atoms with Crippen LogP contribution >= 0.6 is 19.4 Å². The van der Waals surface area contributed by atoms with E-state index in [4.69, 9.17) is 24.1 Å². The third kappa shape index (κ3) is 5.05. The first kappa shape index (κ1) is 17.4. The Kier molecular flexibility index (Phi) is 6.81. The van der Waals surface area contributed by atoms with Gasteiger partial charge in [0, 0.05) is 0 Å². The molecule has 0 aliphatic rings. The van der Waals surface area contributed by atoms with Crippen molar-refractivity contribution in [2.24, 2.45) is 0 Å². The second-order valence-corrected chi connectivity index (χ2v) is 10.2. The second kappa shape index (κ2) is 8.62. The van der Waals surface area contributed by atoms with Gasteiger partial charge in [0.25, 0.3) is 0 Å². The average Bonchev–Trinajstić information content (AvgIpc) is 2.47. The van der Waals surface area contributed by atoms with Crippen LogP contribution in [-0.4, -0.2) is 11.2 Å². The van der Waals surface area contributed by atoms with E-state index in [-0.39, 0.29) is 5.82 Å². The molecule has 2 nitrogen and oxygen atoms in total. The second-order valence-electron chi connectivity index (χ2n) is 4.43. The standard InChI is InChI=1S/C16H16FNO.2ClH.Ru/c1-3-19-16-7-5-4-6-15(16)18-11-13-8-9-14(17)10-12(13)2;;;/h2,4-10,18H,3,11H2,1H3;2*1H;/q;;;+2/p-2. The maximum atomic E-state index is 13.4. The molecule has 0 saturated carbocycles. The number of halogens is 3. The molecule has 0 amide bonds. The average molecular weight is 429 g/mol. The van der Waals surface area contributed by atoms with Crippen LogP contribution in [0.2, 0.25) is 0 Å². The Balaban J connectivity index is 2.20. The molecular weight excluding hydrogens is 413 g/mol. The zero-order valence-corrected chi connectivity index (χ0v) is 15.2. The summed E-state index contributed by atoms with van der Waals surface area (Å²) in [4.78, 5) is 0. The van der Waals surface area contributed by atoms with Gasteiger partial charge in [-0.05, 0) is 0 Å². The summed E-state index contributed by atoms with van der Waals surface area (Å²) < 4.78 is 20.7. The first-order valence-electron chi connectivity index (χ1n) is 6.67. The van der Waals surface area contributed by atoms with Gasteiger partial charge in [0.05, 0.1) is 0 Å². The van der Waals surface area contributed by atoms with E-state index in [0.29, 0.717) is 13.2 Å². The molecule has 0 fully saturated rings. The van der Waals surface area contributed by atoms with Crippen molar-refractivity contribution in [1.82, 2.24) is 0 Å². The van der Waals surface area contributed by atoms with Gasteiger partial charge in [0.2, 0.25) is 0 Å². The van der Waals surface area contributed by atoms with Gasteiger partial charge < -0.3 is 0 Å². The van der Waals surface area contributed by atoms with E-state index in [1.165, 1.54) is 12.1 Å². The number of benzene rings is 2. The van der Waals surface area contributed by atoms with Crippen LogP contribution in [0.5, 0.6) is 5.75 Å². The van der Waals surface area contributed by atoms with Crippen LogP contribution in [0.4, 0.5) is 10.1 Å². The van der Waals surface area contributed by atoms with Gasteiger partial charge in [-0.15, -0.1) is 0 Å². The number of ether oxygens (including phenoxy) is 1. The van der Waals surface area contributed by atoms with Crippen molar-refractivity contribution in [1.29, 1.82) is 0 Å². The first-order chi connectivity index (χ1) is 10.6. The molecule has 0 aliphatic carbocycles. The molecule has 6 heteroatoms. The summed E-state index contributed by atoms with van der Waals surface area (Å²) in [5.74, 6) is 0.494. The third-order valence-electron chi connectivity index (χ3n) is 2.95. The molecule has 120 valence electrons. The van der Waals surface area contributed by atoms with Crippen LogP contribution in [0.1, 0.15) is 18.1 Å². The molecule has 0 aromatic heterocycles. The molecular formula is C16H16Cl2FNORu. The molecule has 0 radical (unpaired) electrons. The van der Waals surface area contributed by atoms with Gasteiger partial charge in [-0.2, -0.15) is 0 Å². The normalized spacial score (nSPS) is 11.0. The Hall–Kier alpha value is -0.957. The fraction of sp³-hybridized carbons (Fsp3) is 0.188. The molecule has 2 rings (SSSR count). The molecule has 0 unspecified atom stereocenters. The Morgan fingerprint density at radius 2 is 2.00 bits per heavy atom. The summed E-state index contributed by atoms with van der Waals surface area (Å²) in [5.41, 5.74) is 2.57. The van der Waals surface area contributed by atoms with E-state index in [0.717, 1.165) is 22.6 Å². The third-order valence-corrected chi connectivity index (χ3v) is 4.78. The van der Waals surface area contributed by atoms with E-state index < -0.39 is 13.5 Å². The molecule has 0 bridgehead atoms. The van der Waals surface area contributed by atoms with E-state index >= 15 is 0 Å². The number of hydrogen-bond donors (Lipinski definition) is 1. The fourth-order valence-corrected chi connectivity index (χ4v) is 3.85. The van der Waals surface area contributed by atoms with Gasteiger partial charge in [-0.25, -0.2) is 0 Å². The monoisotopic (exact) mass is 429 g/mol. The Morgan fingerprint density at radius 1 is 1.23 bits per heavy atom. The summed E-state index contributed by atoms with van der Waals surface area (Å²) in [5, 5.41) is 3.31. The van der Waals surface area contributed by atoms with Gasteiger partial charge in [0.1, 0.15) is 0 Å². The van der Waals surface area contributed by atoms with Crippen molar-refractivity contribution < 1.29 is 22.6 Å². The van der Waals surface area contributed by atoms with Crippen LogP contribution in [0.3, 0.4) is 0 Å². The van der Waals surface area contributed by atoms with Crippen molar-refractivity contribution in [3.8, 4) is 5.75 Å². The molecule has 2 aromatic carbocycles. The Labute approximate surface area is 142 Å². The summed E-state index contributed by atoms with van der Waals surface area (Å²) in [6, 6.07) is 12.3. The molecule has 0 atom stereocenters. The number of para-hydroxylation sites is 2. The van der Waals surface area contributed by atoms with Gasteiger partial charge in [0.15, 0.2) is 0 Å². The molecule has 0 aliphatic heterocycles. The number of hydrogen-bond acceptors (Lipinski definition) is 2. The predicted octanol–water partition coefficient (Wildman–Crippen LogP) is 4.91. The summed E-state index contributed by atoms with van der Waals surface area (Å²) in [6.07, 6.45) is 0. The minimum absolute atomic E-state index is 0.298. The number of rotatable bonds is 6. The quantitative estimate of drug-likeness (QED) is 0.659. The SMILES string of the molecule is CCOc1ccccc1NCc1ccc(F)cc1[CH]=[Ru]([Cl])[Cl]. The predicted molar refractivity (Wildman–Crippen MR) is 88.2 cm³/mol. The Morgan fingerprint density at radius 3 is 2.73 bits per heavy atom. The first-order valence-corrected chi connectivity index (χ1v) is 12.2. The van der Waals surface area contributed by atoms with Crippen molar-refractivity contribution in [2.45, 2.75) is 13.5 Å². The van der Waals surface area contributed by atoms with E-state index in [2.05, 4.69) is 5.32 Å². The van der Waals surface area contributed by atoms with Crippen molar-refractivity contribution in [3.05, 3.63) is 59.4 Å². The molecule has 0 spiro atoms. The topological polar surface area (TPSA) is 21.3 Å². The van der Waals surface area contributed by atoms with Gasteiger partial charge in [-0.1, -0.05) is 0 Å².